The van der Waals surface area contributed by atoms with Crippen LogP contribution in [0, 0.1) is 16.0 Å². The van der Waals surface area contributed by atoms with E-state index in [1.54, 1.807) is 25.4 Å². The lowest BCUT2D eigenvalue weighted by molar-refractivity contribution is -0.384. The summed E-state index contributed by atoms with van der Waals surface area (Å²) in [4.78, 5) is 40.8. The van der Waals surface area contributed by atoms with Gasteiger partial charge in [0.2, 0.25) is 5.91 Å². The van der Waals surface area contributed by atoms with E-state index in [0.717, 1.165) is 0 Å². The maximum absolute atomic E-state index is 12.8. The SMILES string of the molecule is CC(C)C1Oc2cc([N+](=O)[O-])ccc2N(CC(=O)Nc2nccs2)C1=O. The van der Waals surface area contributed by atoms with Crippen LogP contribution in [0.2, 0.25) is 0 Å². The van der Waals surface area contributed by atoms with Gasteiger partial charge in [0.1, 0.15) is 6.54 Å². The molecule has 2 heterocycles. The minimum atomic E-state index is -0.822. The number of nitrogens with one attached hydrogen (secondary N) is 1. The summed E-state index contributed by atoms with van der Waals surface area (Å²) < 4.78 is 5.68. The lowest BCUT2D eigenvalue weighted by Gasteiger charge is -2.35. The minimum Gasteiger partial charge on any atom is -0.478 e. The quantitative estimate of drug-likeness (QED) is 0.633. The molecule has 2 amide bonds. The zero-order valence-corrected chi connectivity index (χ0v) is 14.9. The molecule has 0 aliphatic carbocycles. The van der Waals surface area contributed by atoms with Gasteiger partial charge in [-0.15, -0.1) is 11.3 Å². The number of rotatable bonds is 5. The van der Waals surface area contributed by atoms with Crippen LogP contribution in [-0.4, -0.2) is 34.4 Å². The molecule has 0 bridgehead atoms. The number of carbonyl (C=O) groups excluding carboxylic acids is 2. The Morgan fingerprint density at radius 1 is 1.50 bits per heavy atom. The number of anilines is 2. The first-order valence-electron chi connectivity index (χ1n) is 7.82. The normalized spacial score (nSPS) is 16.2. The number of nitro benzene ring substituents is 1. The van der Waals surface area contributed by atoms with Gasteiger partial charge in [-0.1, -0.05) is 13.8 Å². The highest BCUT2D eigenvalue weighted by Gasteiger charge is 2.38. The van der Waals surface area contributed by atoms with E-state index in [2.05, 4.69) is 10.3 Å². The van der Waals surface area contributed by atoms with Crippen molar-refractivity contribution in [3.8, 4) is 5.75 Å². The van der Waals surface area contributed by atoms with Crippen molar-refractivity contribution in [2.75, 3.05) is 16.8 Å². The topological polar surface area (TPSA) is 115 Å². The van der Waals surface area contributed by atoms with Crippen molar-refractivity contribution in [3.63, 3.8) is 0 Å². The number of hydrogen-bond acceptors (Lipinski definition) is 7. The molecule has 3 rings (SSSR count). The van der Waals surface area contributed by atoms with Crippen molar-refractivity contribution >= 4 is 39.7 Å². The Bertz CT molecular complexity index is 852. The summed E-state index contributed by atoms with van der Waals surface area (Å²) >= 11 is 1.26. The number of hydrogen-bond donors (Lipinski definition) is 1. The van der Waals surface area contributed by atoms with Gasteiger partial charge in [0.05, 0.1) is 16.7 Å². The zero-order valence-electron chi connectivity index (χ0n) is 14.0. The predicted molar refractivity (Wildman–Crippen MR) is 95.4 cm³/mol. The monoisotopic (exact) mass is 376 g/mol. The minimum absolute atomic E-state index is 0.146. The van der Waals surface area contributed by atoms with Gasteiger partial charge in [-0.3, -0.25) is 24.6 Å². The van der Waals surface area contributed by atoms with Crippen molar-refractivity contribution in [2.45, 2.75) is 20.0 Å². The fourth-order valence-corrected chi connectivity index (χ4v) is 3.11. The van der Waals surface area contributed by atoms with E-state index in [1.807, 2.05) is 0 Å². The van der Waals surface area contributed by atoms with Gasteiger partial charge in [-0.05, 0) is 12.0 Å². The molecular weight excluding hydrogens is 360 g/mol. The smallest absolute Gasteiger partial charge is 0.273 e. The number of fused-ring (bicyclic) bond motifs is 1. The predicted octanol–water partition coefficient (Wildman–Crippen LogP) is 2.44. The van der Waals surface area contributed by atoms with Crippen LogP contribution >= 0.6 is 11.3 Å². The van der Waals surface area contributed by atoms with Gasteiger partial charge < -0.3 is 10.1 Å². The van der Waals surface area contributed by atoms with Crippen LogP contribution in [0.1, 0.15) is 13.8 Å². The van der Waals surface area contributed by atoms with Crippen molar-refractivity contribution in [2.24, 2.45) is 5.92 Å². The molecule has 0 fully saturated rings. The van der Waals surface area contributed by atoms with E-state index in [0.29, 0.717) is 10.8 Å². The number of non-ortho nitro benzene ring substituents is 1. The highest BCUT2D eigenvalue weighted by molar-refractivity contribution is 7.13. The van der Waals surface area contributed by atoms with E-state index in [1.165, 1.54) is 34.4 Å². The van der Waals surface area contributed by atoms with Crippen molar-refractivity contribution in [1.82, 2.24) is 4.98 Å². The number of nitro groups is 1. The third-order valence-corrected chi connectivity index (χ3v) is 4.48. The number of amides is 2. The van der Waals surface area contributed by atoms with Gasteiger partial charge in [0.15, 0.2) is 17.0 Å². The Hall–Kier alpha value is -3.01. The Balaban J connectivity index is 1.90. The molecule has 9 nitrogen and oxygen atoms in total. The molecule has 1 N–H and O–H groups in total. The van der Waals surface area contributed by atoms with Gasteiger partial charge in [-0.25, -0.2) is 4.98 Å². The summed E-state index contributed by atoms with van der Waals surface area (Å²) in [5.74, 6) is -0.739. The fraction of sp³-hybridized carbons (Fsp3) is 0.312. The van der Waals surface area contributed by atoms with Crippen LogP contribution in [0.25, 0.3) is 0 Å². The molecule has 136 valence electrons. The van der Waals surface area contributed by atoms with E-state index in [4.69, 9.17) is 4.74 Å². The van der Waals surface area contributed by atoms with E-state index in [9.17, 15) is 19.7 Å². The van der Waals surface area contributed by atoms with E-state index < -0.39 is 16.9 Å². The summed E-state index contributed by atoms with van der Waals surface area (Å²) in [5, 5.41) is 15.8. The average molecular weight is 376 g/mol. The lowest BCUT2D eigenvalue weighted by Crippen LogP contribution is -2.50. The Kier molecular flexibility index (Phi) is 4.85. The van der Waals surface area contributed by atoms with Gasteiger partial charge in [0.25, 0.3) is 11.6 Å². The highest BCUT2D eigenvalue weighted by Crippen LogP contribution is 2.38. The zero-order chi connectivity index (χ0) is 18.8. The maximum atomic E-state index is 12.8. The summed E-state index contributed by atoms with van der Waals surface area (Å²) in [6.45, 7) is 3.37. The van der Waals surface area contributed by atoms with Crippen molar-refractivity contribution in [1.29, 1.82) is 0 Å². The molecule has 1 atom stereocenters. The second-order valence-electron chi connectivity index (χ2n) is 6.00. The van der Waals surface area contributed by atoms with Gasteiger partial charge in [-0.2, -0.15) is 0 Å². The van der Waals surface area contributed by atoms with Gasteiger partial charge >= 0.3 is 0 Å². The van der Waals surface area contributed by atoms with Crippen LogP contribution in [0.5, 0.6) is 5.75 Å². The molecule has 1 unspecified atom stereocenters. The molecule has 0 saturated carbocycles. The first-order valence-corrected chi connectivity index (χ1v) is 8.70. The van der Waals surface area contributed by atoms with Crippen LogP contribution in [-0.2, 0) is 9.59 Å². The number of carbonyl (C=O) groups is 2. The first kappa shape index (κ1) is 17.8. The van der Waals surface area contributed by atoms with Crippen molar-refractivity contribution < 1.29 is 19.2 Å². The Morgan fingerprint density at radius 2 is 2.27 bits per heavy atom. The first-order chi connectivity index (χ1) is 12.4. The summed E-state index contributed by atoms with van der Waals surface area (Å²) in [6, 6.07) is 3.96. The molecule has 26 heavy (non-hydrogen) atoms. The molecule has 0 radical (unpaired) electrons. The molecule has 1 aromatic heterocycles. The second kappa shape index (κ2) is 7.08. The summed E-state index contributed by atoms with van der Waals surface area (Å²) in [7, 11) is 0. The number of benzene rings is 1. The Labute approximate surface area is 152 Å². The summed E-state index contributed by atoms with van der Waals surface area (Å²) in [6.07, 6.45) is 0.737. The molecule has 10 heteroatoms. The molecule has 1 aliphatic rings. The van der Waals surface area contributed by atoms with Crippen LogP contribution in [0.4, 0.5) is 16.5 Å². The third kappa shape index (κ3) is 3.49. The van der Waals surface area contributed by atoms with E-state index >= 15 is 0 Å². The second-order valence-corrected chi connectivity index (χ2v) is 6.90. The number of thiazole rings is 1. The highest BCUT2D eigenvalue weighted by atomic mass is 32.1. The molecular formula is C16H16N4O5S. The van der Waals surface area contributed by atoms with Crippen LogP contribution in [0.15, 0.2) is 29.8 Å². The Morgan fingerprint density at radius 3 is 2.88 bits per heavy atom. The molecule has 1 aromatic carbocycles. The van der Waals surface area contributed by atoms with Crippen LogP contribution in [0.3, 0.4) is 0 Å². The number of nitrogens with zero attached hydrogens (tertiary/aromatic N) is 3. The van der Waals surface area contributed by atoms with E-state index in [-0.39, 0.29) is 29.8 Å². The number of ether oxygens (including phenoxy) is 1. The van der Waals surface area contributed by atoms with Gasteiger partial charge in [0, 0.05) is 17.6 Å². The third-order valence-electron chi connectivity index (χ3n) is 3.79. The van der Waals surface area contributed by atoms with Crippen molar-refractivity contribution in [3.05, 3.63) is 39.9 Å². The summed E-state index contributed by atoms with van der Waals surface area (Å²) in [5.41, 5.74) is 0.180. The largest absolute Gasteiger partial charge is 0.478 e. The molecule has 1 aliphatic heterocycles. The lowest BCUT2D eigenvalue weighted by atomic mass is 10.0. The molecule has 0 spiro atoms. The standard InChI is InChI=1S/C16H16N4O5S/c1-9(2)14-15(22)19(8-13(21)18-16-17-5-6-26-16)11-4-3-10(20(23)24)7-12(11)25-14/h3-7,9,14H,8H2,1-2H3,(H,17,18,21). The molecule has 0 saturated heterocycles. The fourth-order valence-electron chi connectivity index (χ4n) is 2.57. The average Bonchev–Trinajstić information content (AvgIpc) is 3.09. The number of aromatic nitrogens is 1. The maximum Gasteiger partial charge on any atom is 0.273 e. The molecule has 2 aromatic rings. The van der Waals surface area contributed by atoms with Crippen LogP contribution < -0.4 is 15.0 Å².